The van der Waals surface area contributed by atoms with Crippen LogP contribution in [0.2, 0.25) is 0 Å². The van der Waals surface area contributed by atoms with Crippen molar-refractivity contribution in [1.82, 2.24) is 5.32 Å². The minimum Gasteiger partial charge on any atom is -0.397 e. The van der Waals surface area contributed by atoms with E-state index in [-0.39, 0.29) is 23.0 Å². The van der Waals surface area contributed by atoms with Crippen molar-refractivity contribution in [2.75, 3.05) is 24.1 Å². The number of rotatable bonds is 6. The number of anilines is 2. The number of alkyl halides is 3. The number of nitrogen functional groups attached to an aromatic ring is 1. The number of hydrogen-bond donors (Lipinski definition) is 3. The van der Waals surface area contributed by atoms with Gasteiger partial charge in [0.05, 0.1) is 17.1 Å². The number of nitrogens with one attached hydrogen (secondary N) is 2. The highest BCUT2D eigenvalue weighted by Gasteiger charge is 2.26. The minimum absolute atomic E-state index is 0.237. The lowest BCUT2D eigenvalue weighted by Crippen LogP contribution is -2.22. The van der Waals surface area contributed by atoms with E-state index in [9.17, 15) is 18.0 Å². The van der Waals surface area contributed by atoms with Crippen molar-refractivity contribution in [2.45, 2.75) is 12.6 Å². The van der Waals surface area contributed by atoms with Crippen LogP contribution in [-0.2, 0) is 0 Å². The Morgan fingerprint density at radius 1 is 1.53 bits per heavy atom. The molecule has 0 radical (unpaired) electrons. The van der Waals surface area contributed by atoms with Gasteiger partial charge in [-0.1, -0.05) is 6.08 Å². The Kier molecular flexibility index (Phi) is 5.22. The molecule has 4 nitrogen and oxygen atoms in total. The SMILES string of the molecule is C=CCNC(=O)c1sc(NCCC(F)(F)F)cc1N. The van der Waals surface area contributed by atoms with Crippen LogP contribution in [0.3, 0.4) is 0 Å². The maximum atomic E-state index is 12.0. The fraction of sp³-hybridized carbons (Fsp3) is 0.364. The number of halogens is 3. The quantitative estimate of drug-likeness (QED) is 0.706. The van der Waals surface area contributed by atoms with Gasteiger partial charge in [-0.2, -0.15) is 13.2 Å². The fourth-order valence-corrected chi connectivity index (χ4v) is 2.16. The molecule has 106 valence electrons. The second kappa shape index (κ2) is 6.46. The average Bonchev–Trinajstić information content (AvgIpc) is 2.66. The molecule has 0 atom stereocenters. The van der Waals surface area contributed by atoms with E-state index in [4.69, 9.17) is 5.73 Å². The molecule has 0 saturated carbocycles. The molecule has 0 aromatic carbocycles. The number of carbonyl (C=O) groups excluding carboxylic acids is 1. The van der Waals surface area contributed by atoms with E-state index < -0.39 is 12.6 Å². The van der Waals surface area contributed by atoms with Crippen LogP contribution >= 0.6 is 11.3 Å². The zero-order valence-corrected chi connectivity index (χ0v) is 10.8. The molecule has 0 aliphatic carbocycles. The van der Waals surface area contributed by atoms with E-state index >= 15 is 0 Å². The third-order valence-electron chi connectivity index (χ3n) is 2.08. The summed E-state index contributed by atoms with van der Waals surface area (Å²) >= 11 is 1.02. The van der Waals surface area contributed by atoms with Crippen molar-refractivity contribution in [3.63, 3.8) is 0 Å². The Balaban J connectivity index is 2.58. The number of amides is 1. The fourth-order valence-electron chi connectivity index (χ4n) is 1.24. The molecule has 4 N–H and O–H groups in total. The van der Waals surface area contributed by atoms with E-state index in [1.54, 1.807) is 0 Å². The summed E-state index contributed by atoms with van der Waals surface area (Å²) in [6.45, 7) is 3.50. The van der Waals surface area contributed by atoms with Gasteiger partial charge in [-0.25, -0.2) is 0 Å². The van der Waals surface area contributed by atoms with Crippen LogP contribution in [0.5, 0.6) is 0 Å². The first-order valence-corrected chi connectivity index (χ1v) is 6.24. The normalized spacial score (nSPS) is 11.1. The minimum atomic E-state index is -4.21. The third kappa shape index (κ3) is 5.21. The van der Waals surface area contributed by atoms with E-state index in [0.717, 1.165) is 11.3 Å². The van der Waals surface area contributed by atoms with Crippen molar-refractivity contribution < 1.29 is 18.0 Å². The Hall–Kier alpha value is -1.70. The smallest absolute Gasteiger partial charge is 0.390 e. The van der Waals surface area contributed by atoms with Crippen LogP contribution < -0.4 is 16.4 Å². The molecule has 1 aromatic rings. The lowest BCUT2D eigenvalue weighted by molar-refractivity contribution is -0.131. The van der Waals surface area contributed by atoms with Crippen molar-refractivity contribution in [3.05, 3.63) is 23.6 Å². The molecule has 1 amide bonds. The van der Waals surface area contributed by atoms with Crippen LogP contribution in [0, 0.1) is 0 Å². The van der Waals surface area contributed by atoms with Crippen molar-refractivity contribution in [1.29, 1.82) is 0 Å². The molecule has 19 heavy (non-hydrogen) atoms. The number of nitrogens with two attached hydrogens (primary N) is 1. The largest absolute Gasteiger partial charge is 0.397 e. The number of hydrogen-bond acceptors (Lipinski definition) is 4. The molecular formula is C11H14F3N3OS. The van der Waals surface area contributed by atoms with Gasteiger partial charge in [-0.05, 0) is 6.07 Å². The van der Waals surface area contributed by atoms with E-state index in [1.165, 1.54) is 12.1 Å². The first-order valence-electron chi connectivity index (χ1n) is 5.42. The molecule has 8 heteroatoms. The summed E-state index contributed by atoms with van der Waals surface area (Å²) in [6.07, 6.45) is -3.63. The summed E-state index contributed by atoms with van der Waals surface area (Å²) in [5.41, 5.74) is 5.87. The lowest BCUT2D eigenvalue weighted by Gasteiger charge is -2.06. The predicted molar refractivity (Wildman–Crippen MR) is 70.4 cm³/mol. The monoisotopic (exact) mass is 293 g/mol. The summed E-state index contributed by atoms with van der Waals surface area (Å²) in [7, 11) is 0. The van der Waals surface area contributed by atoms with Gasteiger partial charge in [0.1, 0.15) is 4.88 Å². The Morgan fingerprint density at radius 3 is 2.79 bits per heavy atom. The van der Waals surface area contributed by atoms with Crippen LogP contribution in [0.1, 0.15) is 16.1 Å². The Labute approximate surface area is 112 Å². The third-order valence-corrected chi connectivity index (χ3v) is 3.19. The number of carbonyl (C=O) groups is 1. The predicted octanol–water partition coefficient (Wildman–Crippen LogP) is 2.61. The number of thiophene rings is 1. The van der Waals surface area contributed by atoms with Gasteiger partial charge in [0, 0.05) is 13.1 Å². The summed E-state index contributed by atoms with van der Waals surface area (Å²) < 4.78 is 35.9. The average molecular weight is 293 g/mol. The van der Waals surface area contributed by atoms with Crippen molar-refractivity contribution in [2.24, 2.45) is 0 Å². The highest BCUT2D eigenvalue weighted by Crippen LogP contribution is 2.29. The summed E-state index contributed by atoms with van der Waals surface area (Å²) in [4.78, 5) is 11.9. The summed E-state index contributed by atoms with van der Waals surface area (Å²) in [5.74, 6) is -0.369. The topological polar surface area (TPSA) is 67.2 Å². The Morgan fingerprint density at radius 2 is 2.21 bits per heavy atom. The van der Waals surface area contributed by atoms with E-state index in [2.05, 4.69) is 17.2 Å². The molecule has 0 fully saturated rings. The Bertz CT molecular complexity index is 457. The molecule has 1 rings (SSSR count). The molecule has 1 heterocycles. The molecule has 0 bridgehead atoms. The van der Waals surface area contributed by atoms with Gasteiger partial charge in [-0.3, -0.25) is 4.79 Å². The molecular weight excluding hydrogens is 279 g/mol. The molecule has 0 aliphatic heterocycles. The maximum Gasteiger partial charge on any atom is 0.390 e. The summed E-state index contributed by atoms with van der Waals surface area (Å²) in [5, 5.41) is 5.58. The molecule has 0 aliphatic rings. The first kappa shape index (κ1) is 15.4. The second-order valence-electron chi connectivity index (χ2n) is 3.69. The zero-order chi connectivity index (χ0) is 14.5. The molecule has 0 spiro atoms. The van der Waals surface area contributed by atoms with Crippen LogP contribution in [0.25, 0.3) is 0 Å². The molecule has 0 saturated heterocycles. The van der Waals surface area contributed by atoms with Crippen molar-refractivity contribution in [3.8, 4) is 0 Å². The van der Waals surface area contributed by atoms with Gasteiger partial charge in [0.2, 0.25) is 0 Å². The van der Waals surface area contributed by atoms with Crippen molar-refractivity contribution >= 4 is 27.9 Å². The standard InChI is InChI=1S/C11H14F3N3OS/c1-2-4-17-10(18)9-7(15)6-8(19-9)16-5-3-11(12,13)14/h2,6,16H,1,3-5,15H2,(H,17,18). The van der Waals surface area contributed by atoms with Gasteiger partial charge in [0.15, 0.2) is 0 Å². The highest BCUT2D eigenvalue weighted by atomic mass is 32.1. The van der Waals surface area contributed by atoms with Crippen LogP contribution in [0.15, 0.2) is 18.7 Å². The van der Waals surface area contributed by atoms with Crippen LogP contribution in [0.4, 0.5) is 23.9 Å². The van der Waals surface area contributed by atoms with E-state index in [1.807, 2.05) is 0 Å². The summed E-state index contributed by atoms with van der Waals surface area (Å²) in [6, 6.07) is 1.45. The van der Waals surface area contributed by atoms with E-state index in [0.29, 0.717) is 11.5 Å². The molecule has 0 unspecified atom stereocenters. The maximum absolute atomic E-state index is 12.0. The highest BCUT2D eigenvalue weighted by molar-refractivity contribution is 7.18. The first-order chi connectivity index (χ1) is 8.83. The van der Waals surface area contributed by atoms with Gasteiger partial charge in [0.25, 0.3) is 5.91 Å². The second-order valence-corrected chi connectivity index (χ2v) is 4.74. The van der Waals surface area contributed by atoms with Crippen LogP contribution in [-0.4, -0.2) is 25.2 Å². The zero-order valence-electron chi connectivity index (χ0n) is 10.0. The lowest BCUT2D eigenvalue weighted by atomic mass is 10.3. The van der Waals surface area contributed by atoms with Gasteiger partial charge in [-0.15, -0.1) is 17.9 Å². The molecule has 1 aromatic heterocycles. The van der Waals surface area contributed by atoms with Gasteiger partial charge < -0.3 is 16.4 Å². The van der Waals surface area contributed by atoms with Gasteiger partial charge >= 0.3 is 6.18 Å².